The Kier molecular flexibility index (Phi) is 4.00. The first kappa shape index (κ1) is 15.2. The standard InChI is InChI=1S/C15H19F3O2/c1-10-4-5-13-11(8-10)12(19)9-14(2,20-13)6-3-7-15(16,17)18/h4-5,8,12,19H,3,6-7,9H2,1-2H3/t12-,14?/m0/s1. The minimum atomic E-state index is -4.14. The van der Waals surface area contributed by atoms with E-state index >= 15 is 0 Å². The van der Waals surface area contributed by atoms with Crippen LogP contribution in [0.3, 0.4) is 0 Å². The number of hydrogen-bond donors (Lipinski definition) is 1. The van der Waals surface area contributed by atoms with E-state index in [4.69, 9.17) is 4.74 Å². The van der Waals surface area contributed by atoms with Crippen LogP contribution in [-0.4, -0.2) is 16.9 Å². The summed E-state index contributed by atoms with van der Waals surface area (Å²) < 4.78 is 42.4. The van der Waals surface area contributed by atoms with Crippen LogP contribution in [0, 0.1) is 6.92 Å². The summed E-state index contributed by atoms with van der Waals surface area (Å²) in [6.45, 7) is 3.68. The maximum atomic E-state index is 12.2. The highest BCUT2D eigenvalue weighted by Gasteiger charge is 2.37. The SMILES string of the molecule is Cc1ccc2c(c1)[C@@H](O)CC(C)(CCCC(F)(F)F)O2. The molecule has 0 radical (unpaired) electrons. The molecule has 1 N–H and O–H groups in total. The fourth-order valence-electron chi connectivity index (χ4n) is 2.66. The second-order valence-electron chi connectivity index (χ2n) is 5.78. The molecule has 5 heteroatoms. The number of benzene rings is 1. The molecule has 0 aromatic heterocycles. The number of aryl methyl sites for hydroxylation is 1. The molecule has 0 saturated carbocycles. The van der Waals surface area contributed by atoms with Gasteiger partial charge in [-0.25, -0.2) is 0 Å². The number of aliphatic hydroxyl groups is 1. The predicted octanol–water partition coefficient (Wildman–Crippen LogP) is 4.30. The van der Waals surface area contributed by atoms with Gasteiger partial charge < -0.3 is 9.84 Å². The Hall–Kier alpha value is -1.23. The lowest BCUT2D eigenvalue weighted by atomic mass is 9.86. The molecule has 0 aliphatic carbocycles. The summed E-state index contributed by atoms with van der Waals surface area (Å²) in [7, 11) is 0. The van der Waals surface area contributed by atoms with Gasteiger partial charge in [0.2, 0.25) is 0 Å². The maximum absolute atomic E-state index is 12.2. The predicted molar refractivity (Wildman–Crippen MR) is 69.7 cm³/mol. The van der Waals surface area contributed by atoms with Gasteiger partial charge in [-0.2, -0.15) is 13.2 Å². The molecule has 1 unspecified atom stereocenters. The first-order chi connectivity index (χ1) is 9.19. The smallest absolute Gasteiger partial charge is 0.389 e. The topological polar surface area (TPSA) is 29.5 Å². The van der Waals surface area contributed by atoms with E-state index in [-0.39, 0.29) is 12.8 Å². The number of fused-ring (bicyclic) bond motifs is 1. The molecule has 0 fully saturated rings. The molecule has 2 rings (SSSR count). The lowest BCUT2D eigenvalue weighted by molar-refractivity contribution is -0.138. The van der Waals surface area contributed by atoms with E-state index in [9.17, 15) is 18.3 Å². The van der Waals surface area contributed by atoms with E-state index in [1.165, 1.54) is 0 Å². The zero-order valence-corrected chi connectivity index (χ0v) is 11.6. The highest BCUT2D eigenvalue weighted by atomic mass is 19.4. The fraction of sp³-hybridized carbons (Fsp3) is 0.600. The van der Waals surface area contributed by atoms with Gasteiger partial charge in [-0.15, -0.1) is 0 Å². The molecule has 2 nitrogen and oxygen atoms in total. The van der Waals surface area contributed by atoms with E-state index < -0.39 is 24.3 Å². The molecule has 1 heterocycles. The summed E-state index contributed by atoms with van der Waals surface area (Å²) in [4.78, 5) is 0. The van der Waals surface area contributed by atoms with E-state index in [0.717, 1.165) is 11.1 Å². The maximum Gasteiger partial charge on any atom is 0.389 e. The van der Waals surface area contributed by atoms with Crippen molar-refractivity contribution in [1.82, 2.24) is 0 Å². The second kappa shape index (κ2) is 5.28. The minimum Gasteiger partial charge on any atom is -0.487 e. The highest BCUT2D eigenvalue weighted by Crippen LogP contribution is 2.42. The molecule has 1 aromatic rings. The number of alkyl halides is 3. The second-order valence-corrected chi connectivity index (χ2v) is 5.78. The Morgan fingerprint density at radius 1 is 1.40 bits per heavy atom. The Morgan fingerprint density at radius 2 is 2.10 bits per heavy atom. The zero-order chi connectivity index (χ0) is 15.0. The number of ether oxygens (including phenoxy) is 1. The summed E-state index contributed by atoms with van der Waals surface area (Å²) in [5.74, 6) is 0.573. The van der Waals surface area contributed by atoms with Crippen LogP contribution in [0.2, 0.25) is 0 Å². The van der Waals surface area contributed by atoms with Gasteiger partial charge in [-0.3, -0.25) is 0 Å². The van der Waals surface area contributed by atoms with Crippen LogP contribution in [0.25, 0.3) is 0 Å². The van der Waals surface area contributed by atoms with Gasteiger partial charge in [0, 0.05) is 18.4 Å². The Balaban J connectivity index is 2.06. The normalized spacial score (nSPS) is 26.0. The largest absolute Gasteiger partial charge is 0.487 e. The van der Waals surface area contributed by atoms with Gasteiger partial charge in [0.25, 0.3) is 0 Å². The van der Waals surface area contributed by atoms with Crippen LogP contribution in [0.1, 0.15) is 49.8 Å². The first-order valence-electron chi connectivity index (χ1n) is 6.73. The summed E-state index contributed by atoms with van der Waals surface area (Å²) in [6, 6.07) is 5.50. The molecule has 1 aliphatic rings. The molecular weight excluding hydrogens is 269 g/mol. The van der Waals surface area contributed by atoms with Gasteiger partial charge >= 0.3 is 6.18 Å². The molecule has 20 heavy (non-hydrogen) atoms. The van der Waals surface area contributed by atoms with E-state index in [0.29, 0.717) is 12.2 Å². The first-order valence-corrected chi connectivity index (χ1v) is 6.73. The van der Waals surface area contributed by atoms with Crippen molar-refractivity contribution in [1.29, 1.82) is 0 Å². The highest BCUT2D eigenvalue weighted by molar-refractivity contribution is 5.40. The van der Waals surface area contributed by atoms with Crippen molar-refractivity contribution in [2.75, 3.05) is 0 Å². The van der Waals surface area contributed by atoms with Crippen molar-refractivity contribution in [3.05, 3.63) is 29.3 Å². The van der Waals surface area contributed by atoms with E-state index in [2.05, 4.69) is 0 Å². The summed E-state index contributed by atoms with van der Waals surface area (Å²) >= 11 is 0. The minimum absolute atomic E-state index is 0.00785. The quantitative estimate of drug-likeness (QED) is 0.898. The van der Waals surface area contributed by atoms with Crippen molar-refractivity contribution >= 4 is 0 Å². The molecule has 0 amide bonds. The van der Waals surface area contributed by atoms with Crippen LogP contribution < -0.4 is 4.74 Å². The average molecular weight is 288 g/mol. The van der Waals surface area contributed by atoms with Gasteiger partial charge in [0.1, 0.15) is 11.4 Å². The number of halogens is 3. The Labute approximate surface area is 116 Å². The molecule has 0 spiro atoms. The lowest BCUT2D eigenvalue weighted by Gasteiger charge is -2.38. The van der Waals surface area contributed by atoms with Crippen molar-refractivity contribution in [2.45, 2.75) is 57.4 Å². The van der Waals surface area contributed by atoms with Crippen molar-refractivity contribution in [2.24, 2.45) is 0 Å². The number of aliphatic hydroxyl groups excluding tert-OH is 1. The molecule has 0 bridgehead atoms. The van der Waals surface area contributed by atoms with Crippen molar-refractivity contribution in [3.8, 4) is 5.75 Å². The fourth-order valence-corrected chi connectivity index (χ4v) is 2.66. The van der Waals surface area contributed by atoms with Gasteiger partial charge in [-0.05, 0) is 38.8 Å². The van der Waals surface area contributed by atoms with E-state index in [1.807, 2.05) is 19.1 Å². The van der Waals surface area contributed by atoms with Crippen LogP contribution in [0.5, 0.6) is 5.75 Å². The zero-order valence-electron chi connectivity index (χ0n) is 11.6. The van der Waals surface area contributed by atoms with Gasteiger partial charge in [-0.1, -0.05) is 11.6 Å². The molecule has 1 aromatic carbocycles. The molecule has 112 valence electrons. The monoisotopic (exact) mass is 288 g/mol. The summed E-state index contributed by atoms with van der Waals surface area (Å²) in [5, 5.41) is 10.2. The average Bonchev–Trinajstić information content (AvgIpc) is 2.28. The van der Waals surface area contributed by atoms with Crippen molar-refractivity contribution < 1.29 is 23.0 Å². The van der Waals surface area contributed by atoms with Crippen LogP contribution >= 0.6 is 0 Å². The Morgan fingerprint density at radius 3 is 2.75 bits per heavy atom. The van der Waals surface area contributed by atoms with Crippen LogP contribution in [-0.2, 0) is 0 Å². The molecule has 2 atom stereocenters. The van der Waals surface area contributed by atoms with Crippen molar-refractivity contribution in [3.63, 3.8) is 0 Å². The van der Waals surface area contributed by atoms with Gasteiger partial charge in [0.05, 0.1) is 6.10 Å². The third-order valence-corrected chi connectivity index (χ3v) is 3.67. The number of rotatable bonds is 3. The lowest BCUT2D eigenvalue weighted by Crippen LogP contribution is -2.38. The van der Waals surface area contributed by atoms with Gasteiger partial charge in [0.15, 0.2) is 0 Å². The molecular formula is C15H19F3O2. The third-order valence-electron chi connectivity index (χ3n) is 3.67. The van der Waals surface area contributed by atoms with E-state index in [1.54, 1.807) is 13.0 Å². The Bertz CT molecular complexity index is 484. The summed E-state index contributed by atoms with van der Waals surface area (Å²) in [6.07, 6.45) is -5.04. The third kappa shape index (κ3) is 3.66. The van der Waals surface area contributed by atoms with Crippen LogP contribution in [0.4, 0.5) is 13.2 Å². The molecule has 0 saturated heterocycles. The summed E-state index contributed by atoms with van der Waals surface area (Å²) in [5.41, 5.74) is 0.998. The number of hydrogen-bond acceptors (Lipinski definition) is 2. The molecule has 1 aliphatic heterocycles. The van der Waals surface area contributed by atoms with Crippen LogP contribution in [0.15, 0.2) is 18.2 Å².